The molecule has 0 atom stereocenters. The van der Waals surface area contributed by atoms with Gasteiger partial charge < -0.3 is 0 Å². The van der Waals surface area contributed by atoms with Crippen molar-refractivity contribution in [2.24, 2.45) is 0 Å². The summed E-state index contributed by atoms with van der Waals surface area (Å²) in [4.78, 5) is 12.5. The molecule has 1 aliphatic rings. The first-order valence-corrected chi connectivity index (χ1v) is 8.01. The summed E-state index contributed by atoms with van der Waals surface area (Å²) in [5.74, 6) is 0.214. The van der Waals surface area contributed by atoms with Gasteiger partial charge in [-0.15, -0.1) is 0 Å². The molecule has 0 saturated heterocycles. The first-order valence-electron chi connectivity index (χ1n) is 7.63. The van der Waals surface area contributed by atoms with Crippen LogP contribution in [0.1, 0.15) is 57.3 Å². The monoisotopic (exact) mass is 294 g/mol. The lowest BCUT2D eigenvalue weighted by Crippen LogP contribution is -2.11. The lowest BCUT2D eigenvalue weighted by atomic mass is 10.0. The lowest BCUT2D eigenvalue weighted by Gasteiger charge is -2.07. The number of allylic oxidation sites excluding steroid dienone is 2. The Morgan fingerprint density at radius 1 is 1.35 bits per heavy atom. The van der Waals surface area contributed by atoms with E-state index in [-0.39, 0.29) is 5.78 Å². The van der Waals surface area contributed by atoms with E-state index in [0.717, 1.165) is 49.2 Å². The summed E-state index contributed by atoms with van der Waals surface area (Å²) in [6, 6.07) is 0. The number of aryl methyl sites for hydroxylation is 2. The highest BCUT2D eigenvalue weighted by molar-refractivity contribution is 6.32. The highest BCUT2D eigenvalue weighted by Gasteiger charge is 2.19. The number of hydrogen-bond acceptors (Lipinski definition) is 2. The molecule has 20 heavy (non-hydrogen) atoms. The first-order chi connectivity index (χ1) is 9.67. The van der Waals surface area contributed by atoms with Gasteiger partial charge in [0.15, 0.2) is 5.78 Å². The summed E-state index contributed by atoms with van der Waals surface area (Å²) >= 11 is 6.37. The van der Waals surface area contributed by atoms with Gasteiger partial charge in [0, 0.05) is 6.54 Å². The smallest absolute Gasteiger partial charge is 0.164 e. The van der Waals surface area contributed by atoms with E-state index in [0.29, 0.717) is 11.4 Å². The fraction of sp³-hybridized carbons (Fsp3) is 0.625. The average molecular weight is 295 g/mol. The minimum atomic E-state index is 0.214. The topological polar surface area (TPSA) is 34.9 Å². The van der Waals surface area contributed by atoms with Crippen LogP contribution in [0, 0.1) is 0 Å². The summed E-state index contributed by atoms with van der Waals surface area (Å²) in [6.45, 7) is 4.82. The first kappa shape index (κ1) is 15.3. The molecule has 0 N–H and O–H groups in total. The van der Waals surface area contributed by atoms with Crippen molar-refractivity contribution in [2.75, 3.05) is 0 Å². The predicted octanol–water partition coefficient (Wildman–Crippen LogP) is 4.12. The van der Waals surface area contributed by atoms with E-state index in [1.165, 1.54) is 12.8 Å². The van der Waals surface area contributed by atoms with Crippen molar-refractivity contribution in [1.29, 1.82) is 0 Å². The highest BCUT2D eigenvalue weighted by Crippen LogP contribution is 2.25. The van der Waals surface area contributed by atoms with Crippen LogP contribution in [0.3, 0.4) is 0 Å². The van der Waals surface area contributed by atoms with E-state index in [4.69, 9.17) is 11.6 Å². The van der Waals surface area contributed by atoms with Crippen molar-refractivity contribution in [3.63, 3.8) is 0 Å². The fourth-order valence-corrected chi connectivity index (χ4v) is 3.06. The van der Waals surface area contributed by atoms with Crippen LogP contribution in [0.15, 0.2) is 11.6 Å². The second-order valence-corrected chi connectivity index (χ2v) is 5.68. The number of ketones is 1. The van der Waals surface area contributed by atoms with Gasteiger partial charge >= 0.3 is 0 Å². The summed E-state index contributed by atoms with van der Waals surface area (Å²) < 4.78 is 1.87. The molecule has 0 fully saturated rings. The largest absolute Gasteiger partial charge is 0.294 e. The molecule has 0 aromatic carbocycles. The van der Waals surface area contributed by atoms with Gasteiger partial charge in [-0.25, -0.2) is 0 Å². The molecule has 0 saturated carbocycles. The molecule has 0 unspecified atom stereocenters. The van der Waals surface area contributed by atoms with E-state index in [1.807, 2.05) is 18.5 Å². The Hall–Kier alpha value is -1.09. The Balaban J connectivity index is 2.18. The molecule has 110 valence electrons. The van der Waals surface area contributed by atoms with Crippen LogP contribution in [-0.4, -0.2) is 15.6 Å². The number of halogens is 1. The average Bonchev–Trinajstić information content (AvgIpc) is 2.65. The zero-order valence-electron chi connectivity index (χ0n) is 12.4. The molecule has 0 aliphatic heterocycles. The Kier molecular flexibility index (Phi) is 5.41. The van der Waals surface area contributed by atoms with Crippen LogP contribution in [-0.2, 0) is 24.2 Å². The van der Waals surface area contributed by atoms with Crippen LogP contribution in [0.25, 0.3) is 0 Å². The maximum atomic E-state index is 12.5. The van der Waals surface area contributed by atoms with Crippen molar-refractivity contribution in [3.05, 3.63) is 28.1 Å². The van der Waals surface area contributed by atoms with Gasteiger partial charge in [0.1, 0.15) is 0 Å². The number of hydrogen-bond donors (Lipinski definition) is 0. The molecule has 1 aromatic heterocycles. The Morgan fingerprint density at radius 3 is 2.85 bits per heavy atom. The minimum Gasteiger partial charge on any atom is -0.294 e. The minimum absolute atomic E-state index is 0.214. The third kappa shape index (κ3) is 3.32. The van der Waals surface area contributed by atoms with Gasteiger partial charge in [-0.3, -0.25) is 9.48 Å². The zero-order valence-corrected chi connectivity index (χ0v) is 13.2. The predicted molar refractivity (Wildman–Crippen MR) is 82.2 cm³/mol. The molecule has 0 amide bonds. The highest BCUT2D eigenvalue weighted by atomic mass is 35.5. The molecular formula is C16H23ClN2O. The molecule has 4 heteroatoms. The third-order valence-corrected chi connectivity index (χ3v) is 4.36. The summed E-state index contributed by atoms with van der Waals surface area (Å²) in [6.07, 6.45) is 8.79. The fourth-order valence-electron chi connectivity index (χ4n) is 2.72. The van der Waals surface area contributed by atoms with Gasteiger partial charge in [0.25, 0.3) is 0 Å². The van der Waals surface area contributed by atoms with Crippen LogP contribution in [0.2, 0.25) is 5.02 Å². The summed E-state index contributed by atoms with van der Waals surface area (Å²) in [5.41, 5.74) is 2.76. The van der Waals surface area contributed by atoms with Crippen molar-refractivity contribution in [3.8, 4) is 0 Å². The lowest BCUT2D eigenvalue weighted by molar-refractivity contribution is -0.115. The quantitative estimate of drug-likeness (QED) is 0.819. The van der Waals surface area contributed by atoms with E-state index < -0.39 is 0 Å². The van der Waals surface area contributed by atoms with Gasteiger partial charge in [-0.2, -0.15) is 5.10 Å². The van der Waals surface area contributed by atoms with Crippen LogP contribution < -0.4 is 0 Å². The van der Waals surface area contributed by atoms with Crippen molar-refractivity contribution in [2.45, 2.75) is 65.3 Å². The number of nitrogens with zero attached hydrogens (tertiary/aromatic N) is 2. The molecule has 2 rings (SSSR count). The van der Waals surface area contributed by atoms with E-state index in [2.05, 4.69) is 11.2 Å². The van der Waals surface area contributed by atoms with E-state index in [1.54, 1.807) is 0 Å². The Bertz CT molecular complexity index is 517. The molecule has 0 spiro atoms. The summed E-state index contributed by atoms with van der Waals surface area (Å²) in [7, 11) is 0. The van der Waals surface area contributed by atoms with Crippen LogP contribution in [0.4, 0.5) is 0 Å². The normalized spacial score (nSPS) is 15.8. The number of Topliss-reactive ketones (excluding diaryl/α,β-unsaturated/α-hetero) is 1. The second-order valence-electron chi connectivity index (χ2n) is 5.31. The number of carbonyl (C=O) groups is 1. The second kappa shape index (κ2) is 7.07. The van der Waals surface area contributed by atoms with E-state index >= 15 is 0 Å². The van der Waals surface area contributed by atoms with Crippen molar-refractivity contribution < 1.29 is 4.79 Å². The summed E-state index contributed by atoms with van der Waals surface area (Å²) in [5, 5.41) is 5.15. The molecule has 1 aromatic rings. The molecule has 0 radical (unpaired) electrons. The van der Waals surface area contributed by atoms with Gasteiger partial charge in [0.2, 0.25) is 0 Å². The van der Waals surface area contributed by atoms with Crippen LogP contribution >= 0.6 is 11.6 Å². The van der Waals surface area contributed by atoms with Gasteiger partial charge in [-0.05, 0) is 44.6 Å². The number of rotatable bonds is 5. The Morgan fingerprint density at radius 2 is 2.15 bits per heavy atom. The molecular weight excluding hydrogens is 272 g/mol. The molecule has 1 heterocycles. The molecule has 1 aliphatic carbocycles. The number of aromatic nitrogens is 2. The maximum absolute atomic E-state index is 12.5. The van der Waals surface area contributed by atoms with E-state index in [9.17, 15) is 4.79 Å². The van der Waals surface area contributed by atoms with Gasteiger partial charge in [-0.1, -0.05) is 31.0 Å². The standard InChI is InChI=1S/C16H23ClN2O/c1-3-13-16(17)14(19(4-2)18-13)11-15(20)12-9-7-5-6-8-10-12/h9H,3-8,10-11H2,1-2H3. The van der Waals surface area contributed by atoms with Crippen molar-refractivity contribution in [1.82, 2.24) is 9.78 Å². The van der Waals surface area contributed by atoms with Crippen molar-refractivity contribution >= 4 is 17.4 Å². The van der Waals surface area contributed by atoms with Gasteiger partial charge in [0.05, 0.1) is 22.8 Å². The maximum Gasteiger partial charge on any atom is 0.164 e. The Labute approximate surface area is 126 Å². The zero-order chi connectivity index (χ0) is 14.5. The van der Waals surface area contributed by atoms with Crippen LogP contribution in [0.5, 0.6) is 0 Å². The molecule has 3 nitrogen and oxygen atoms in total. The number of carbonyl (C=O) groups excluding carboxylic acids is 1. The SMILES string of the molecule is CCc1nn(CC)c(CC(=O)C2=CCCCCC2)c1Cl. The molecule has 0 bridgehead atoms. The third-order valence-electron chi connectivity index (χ3n) is 3.92.